The summed E-state index contributed by atoms with van der Waals surface area (Å²) in [5, 5.41) is 2.39. The predicted molar refractivity (Wildman–Crippen MR) is 208 cm³/mol. The van der Waals surface area contributed by atoms with Crippen molar-refractivity contribution in [1.29, 1.82) is 0 Å². The molecule has 0 aliphatic carbocycles. The van der Waals surface area contributed by atoms with E-state index in [0.29, 0.717) is 6.04 Å². The van der Waals surface area contributed by atoms with Gasteiger partial charge in [-0.25, -0.2) is 9.55 Å². The summed E-state index contributed by atoms with van der Waals surface area (Å²) < 4.78 is 6.94. The maximum atomic E-state index is 4.93. The molecule has 6 aromatic carbocycles. The zero-order chi connectivity index (χ0) is 33.6. The second-order valence-corrected chi connectivity index (χ2v) is 13.0. The van der Waals surface area contributed by atoms with Gasteiger partial charge in [-0.3, -0.25) is 4.57 Å². The number of aromatic nitrogens is 4. The minimum absolute atomic E-state index is 0.339. The number of hydrogen-bond acceptors (Lipinski definition) is 2. The van der Waals surface area contributed by atoms with E-state index in [1.807, 2.05) is 6.20 Å². The molecule has 240 valence electrons. The van der Waals surface area contributed by atoms with E-state index in [0.717, 1.165) is 45.2 Å². The Morgan fingerprint density at radius 1 is 0.520 bits per heavy atom. The molecule has 0 saturated heterocycles. The number of anilines is 3. The van der Waals surface area contributed by atoms with Crippen molar-refractivity contribution in [3.63, 3.8) is 0 Å². The fourth-order valence-corrected chi connectivity index (χ4v) is 7.25. The highest BCUT2D eigenvalue weighted by molar-refractivity contribution is 6.10. The molecule has 0 aliphatic heterocycles. The third-order valence-corrected chi connectivity index (χ3v) is 9.59. The quantitative estimate of drug-likeness (QED) is 0.161. The summed E-state index contributed by atoms with van der Waals surface area (Å²) in [6.45, 7) is 4.46. The van der Waals surface area contributed by atoms with Crippen LogP contribution in [0.1, 0.15) is 19.9 Å². The molecule has 0 amide bonds. The van der Waals surface area contributed by atoms with Crippen LogP contribution < -0.4 is 4.90 Å². The van der Waals surface area contributed by atoms with E-state index in [1.54, 1.807) is 0 Å². The molecule has 3 heterocycles. The first-order valence-electron chi connectivity index (χ1n) is 17.2. The van der Waals surface area contributed by atoms with Gasteiger partial charge in [0.2, 0.25) is 0 Å². The lowest BCUT2D eigenvalue weighted by molar-refractivity contribution is 0.612. The summed E-state index contributed by atoms with van der Waals surface area (Å²) in [4.78, 5) is 7.28. The Kier molecular flexibility index (Phi) is 7.24. The summed E-state index contributed by atoms with van der Waals surface area (Å²) in [7, 11) is 0. The van der Waals surface area contributed by atoms with Crippen molar-refractivity contribution in [2.75, 3.05) is 4.90 Å². The number of benzene rings is 6. The number of rotatable bonds is 7. The maximum Gasteiger partial charge on any atom is 0.191 e. The van der Waals surface area contributed by atoms with Crippen molar-refractivity contribution in [2.24, 2.45) is 0 Å². The van der Waals surface area contributed by atoms with Gasteiger partial charge in [-0.05, 0) is 91.7 Å². The topological polar surface area (TPSA) is 30.9 Å². The largest absolute Gasteiger partial charge is 0.309 e. The number of nitrogens with zero attached hydrogens (tertiary/aromatic N) is 5. The van der Waals surface area contributed by atoms with E-state index in [4.69, 9.17) is 4.98 Å². The normalized spacial score (nSPS) is 11.6. The molecule has 0 atom stereocenters. The van der Waals surface area contributed by atoms with E-state index < -0.39 is 0 Å². The monoisotopic (exact) mass is 646 g/mol. The van der Waals surface area contributed by atoms with Gasteiger partial charge in [0, 0.05) is 52.6 Å². The molecule has 0 bridgehead atoms. The van der Waals surface area contributed by atoms with Gasteiger partial charge in [0.25, 0.3) is 0 Å². The molecule has 5 nitrogen and oxygen atoms in total. The van der Waals surface area contributed by atoms with Crippen molar-refractivity contribution >= 4 is 49.9 Å². The molecule has 0 fully saturated rings. The molecule has 9 rings (SSSR count). The Bertz CT molecular complexity index is 2630. The molecule has 0 spiro atoms. The highest BCUT2D eigenvalue weighted by atomic mass is 15.2. The summed E-state index contributed by atoms with van der Waals surface area (Å²) in [6.07, 6.45) is 4.14. The molecule has 9 aromatic rings. The summed E-state index contributed by atoms with van der Waals surface area (Å²) in [6, 6.07) is 58.6. The smallest absolute Gasteiger partial charge is 0.191 e. The van der Waals surface area contributed by atoms with E-state index in [9.17, 15) is 0 Å². The van der Waals surface area contributed by atoms with E-state index in [-0.39, 0.29) is 0 Å². The number of pyridine rings is 1. The molecule has 3 aromatic heterocycles. The van der Waals surface area contributed by atoms with Crippen molar-refractivity contribution in [2.45, 2.75) is 19.9 Å². The first-order chi connectivity index (χ1) is 24.6. The van der Waals surface area contributed by atoms with Crippen molar-refractivity contribution < 1.29 is 0 Å². The van der Waals surface area contributed by atoms with Crippen molar-refractivity contribution in [3.8, 4) is 22.6 Å². The molecule has 0 saturated carbocycles. The number of imidazole rings is 1. The lowest BCUT2D eigenvalue weighted by atomic mass is 10.1. The maximum absolute atomic E-state index is 4.93. The average molecular weight is 647 g/mol. The van der Waals surface area contributed by atoms with Crippen molar-refractivity contribution in [3.05, 3.63) is 176 Å². The zero-order valence-electron chi connectivity index (χ0n) is 28.1. The Morgan fingerprint density at radius 3 is 1.98 bits per heavy atom. The van der Waals surface area contributed by atoms with Crippen LogP contribution in [0.3, 0.4) is 0 Å². The van der Waals surface area contributed by atoms with Gasteiger partial charge in [-0.15, -0.1) is 0 Å². The molecule has 50 heavy (non-hydrogen) atoms. The van der Waals surface area contributed by atoms with Crippen LogP contribution >= 0.6 is 0 Å². The fourth-order valence-electron chi connectivity index (χ4n) is 7.25. The minimum Gasteiger partial charge on any atom is -0.309 e. The number of fused-ring (bicyclic) bond motifs is 4. The fraction of sp³-hybridized carbons (Fsp3) is 0.0667. The lowest BCUT2D eigenvalue weighted by Crippen LogP contribution is -2.10. The summed E-state index contributed by atoms with van der Waals surface area (Å²) in [5.74, 6) is 0.890. The summed E-state index contributed by atoms with van der Waals surface area (Å²) in [5.41, 5.74) is 11.3. The molecule has 0 unspecified atom stereocenters. The van der Waals surface area contributed by atoms with Gasteiger partial charge in [0.1, 0.15) is 11.5 Å². The Balaban J connectivity index is 1.24. The van der Waals surface area contributed by atoms with Gasteiger partial charge in [-0.1, -0.05) is 72.8 Å². The first-order valence-corrected chi connectivity index (χ1v) is 17.2. The number of para-hydroxylation sites is 4. The zero-order valence-corrected chi connectivity index (χ0v) is 28.1. The van der Waals surface area contributed by atoms with Crippen LogP contribution in [-0.2, 0) is 0 Å². The predicted octanol–water partition coefficient (Wildman–Crippen LogP) is 11.9. The van der Waals surface area contributed by atoms with Crippen LogP contribution in [0.2, 0.25) is 0 Å². The van der Waals surface area contributed by atoms with Crippen LogP contribution in [0, 0.1) is 0 Å². The molecule has 0 radical (unpaired) electrons. The van der Waals surface area contributed by atoms with Crippen molar-refractivity contribution in [1.82, 2.24) is 18.7 Å². The van der Waals surface area contributed by atoms with Gasteiger partial charge < -0.3 is 4.90 Å². The molecule has 0 N–H and O–H groups in total. The second-order valence-electron chi connectivity index (χ2n) is 13.0. The van der Waals surface area contributed by atoms with Crippen LogP contribution in [0.25, 0.3) is 55.5 Å². The Hall–Kier alpha value is -6.46. The molecule has 5 heteroatoms. The van der Waals surface area contributed by atoms with Crippen LogP contribution in [0.15, 0.2) is 176 Å². The first kappa shape index (κ1) is 29.7. The van der Waals surface area contributed by atoms with E-state index in [2.05, 4.69) is 203 Å². The second kappa shape index (κ2) is 12.2. The summed E-state index contributed by atoms with van der Waals surface area (Å²) >= 11 is 0. The standard InChI is InChI=1S/C45H36N5/c1-32(2)47-31-48(43-23-12-11-22-42(43)47)36-18-13-19-37(29-36)49(35-16-7-4-8-17-35)38-24-25-40-39-20-9-10-21-41(39)50(44(40)30-38)45-28-34(26-27-46-45)33-14-5-3-6-15-33/h3-32H,1-2H3/q+1. The highest BCUT2D eigenvalue weighted by Gasteiger charge is 2.22. The highest BCUT2D eigenvalue weighted by Crippen LogP contribution is 2.40. The van der Waals surface area contributed by atoms with Crippen LogP contribution in [0.5, 0.6) is 0 Å². The van der Waals surface area contributed by atoms with Crippen LogP contribution in [0.4, 0.5) is 17.1 Å². The van der Waals surface area contributed by atoms with Gasteiger partial charge >= 0.3 is 0 Å². The average Bonchev–Trinajstić information content (AvgIpc) is 3.73. The van der Waals surface area contributed by atoms with Crippen LogP contribution in [-0.4, -0.2) is 18.7 Å². The Morgan fingerprint density at radius 2 is 1.18 bits per heavy atom. The number of hydrogen-bond donors (Lipinski definition) is 0. The minimum atomic E-state index is 0.339. The third kappa shape index (κ3) is 5.03. The van der Waals surface area contributed by atoms with E-state index in [1.165, 1.54) is 27.4 Å². The molecular formula is C45H36N5+. The van der Waals surface area contributed by atoms with Gasteiger partial charge in [0.05, 0.1) is 22.8 Å². The van der Waals surface area contributed by atoms with Gasteiger partial charge in [-0.2, -0.15) is 4.57 Å². The third-order valence-electron chi connectivity index (χ3n) is 9.59. The molecular weight excluding hydrogens is 611 g/mol. The van der Waals surface area contributed by atoms with E-state index >= 15 is 0 Å². The Labute approximate surface area is 291 Å². The SMILES string of the molecule is CC(C)n1[cH+]n(-c2cccc(N(c3ccccc3)c3ccc4c5ccccc5n(-c5cc(-c6ccccc6)ccn5)c4c3)c2)c2ccccc21. The van der Waals surface area contributed by atoms with Gasteiger partial charge in [0.15, 0.2) is 17.4 Å². The lowest BCUT2D eigenvalue weighted by Gasteiger charge is -2.25. The molecule has 0 aliphatic rings.